The van der Waals surface area contributed by atoms with Crippen molar-refractivity contribution in [3.05, 3.63) is 28.0 Å². The van der Waals surface area contributed by atoms with Gasteiger partial charge in [-0.3, -0.25) is 9.59 Å². The molecule has 7 heteroatoms. The molecule has 0 radical (unpaired) electrons. The molecule has 1 unspecified atom stereocenters. The molecule has 102 valence electrons. The number of piperidine rings is 1. The van der Waals surface area contributed by atoms with Gasteiger partial charge in [0.2, 0.25) is 11.8 Å². The van der Waals surface area contributed by atoms with Crippen LogP contribution in [0.4, 0.5) is 10.1 Å². The Labute approximate surface area is 119 Å². The van der Waals surface area contributed by atoms with Gasteiger partial charge >= 0.3 is 0 Å². The molecule has 1 heterocycles. The first-order valence-electron chi connectivity index (χ1n) is 5.69. The summed E-state index contributed by atoms with van der Waals surface area (Å²) in [5.41, 5.74) is 0.187. The number of anilines is 1. The molecule has 1 aliphatic heterocycles. The Morgan fingerprint density at radius 3 is 2.53 bits per heavy atom. The van der Waals surface area contributed by atoms with Crippen LogP contribution in [-0.4, -0.2) is 18.4 Å². The number of hydrogen-bond donors (Lipinski definition) is 2. The third kappa shape index (κ3) is 3.36. The van der Waals surface area contributed by atoms with Gasteiger partial charge in [-0.2, -0.15) is 0 Å². The molecule has 2 amide bonds. The maximum absolute atomic E-state index is 13.0. The molecule has 1 aromatic rings. The number of halogens is 3. The second-order valence-corrected chi connectivity index (χ2v) is 5.09. The second-order valence-electron chi connectivity index (χ2n) is 4.27. The number of carbonyl (C=O) groups excluding carboxylic acids is 2. The summed E-state index contributed by atoms with van der Waals surface area (Å²) < 4.78 is 13.0. The van der Waals surface area contributed by atoms with E-state index in [1.165, 1.54) is 0 Å². The summed E-state index contributed by atoms with van der Waals surface area (Å²) in [4.78, 5) is 23.0. The smallest absolute Gasteiger partial charge is 0.229 e. The molecule has 1 aliphatic rings. The third-order valence-electron chi connectivity index (χ3n) is 2.89. The molecule has 1 fully saturated rings. The molecule has 0 aliphatic carbocycles. The summed E-state index contributed by atoms with van der Waals surface area (Å²) in [7, 11) is 0. The van der Waals surface area contributed by atoms with E-state index in [0.717, 1.165) is 12.1 Å². The first kappa shape index (κ1) is 14.1. The molecule has 0 bridgehead atoms. The Morgan fingerprint density at radius 2 is 2.00 bits per heavy atom. The van der Waals surface area contributed by atoms with Crippen molar-refractivity contribution < 1.29 is 14.0 Å². The van der Waals surface area contributed by atoms with E-state index < -0.39 is 5.82 Å². The van der Waals surface area contributed by atoms with Crippen molar-refractivity contribution in [3.8, 4) is 0 Å². The number of benzene rings is 1. The Hall–Kier alpha value is -1.33. The minimum Gasteiger partial charge on any atom is -0.355 e. The summed E-state index contributed by atoms with van der Waals surface area (Å²) >= 11 is 11.7. The average Bonchev–Trinajstić information content (AvgIpc) is 2.34. The summed E-state index contributed by atoms with van der Waals surface area (Å²) in [6.07, 6.45) is 0.775. The van der Waals surface area contributed by atoms with Gasteiger partial charge in [0.1, 0.15) is 5.82 Å². The van der Waals surface area contributed by atoms with Crippen LogP contribution in [-0.2, 0) is 9.59 Å². The van der Waals surface area contributed by atoms with E-state index in [1.54, 1.807) is 0 Å². The fraction of sp³-hybridized carbons (Fsp3) is 0.333. The highest BCUT2D eigenvalue weighted by molar-refractivity contribution is 6.39. The van der Waals surface area contributed by atoms with Crippen molar-refractivity contribution in [2.75, 3.05) is 11.9 Å². The number of carbonyl (C=O) groups is 2. The summed E-state index contributed by atoms with van der Waals surface area (Å²) in [5.74, 6) is -1.27. The van der Waals surface area contributed by atoms with E-state index in [-0.39, 0.29) is 40.0 Å². The Morgan fingerprint density at radius 1 is 1.37 bits per heavy atom. The van der Waals surface area contributed by atoms with Crippen LogP contribution in [0, 0.1) is 11.7 Å². The number of amides is 2. The van der Waals surface area contributed by atoms with Crippen LogP contribution in [0.1, 0.15) is 12.8 Å². The highest BCUT2D eigenvalue weighted by Crippen LogP contribution is 2.32. The maximum Gasteiger partial charge on any atom is 0.229 e. The van der Waals surface area contributed by atoms with Crippen LogP contribution in [0.25, 0.3) is 0 Å². The number of nitrogens with one attached hydrogen (secondary N) is 2. The largest absolute Gasteiger partial charge is 0.355 e. The van der Waals surface area contributed by atoms with Gasteiger partial charge in [0.15, 0.2) is 0 Å². The third-order valence-corrected chi connectivity index (χ3v) is 3.49. The molecular formula is C12H11Cl2FN2O2. The lowest BCUT2D eigenvalue weighted by molar-refractivity contribution is -0.126. The van der Waals surface area contributed by atoms with E-state index >= 15 is 0 Å². The van der Waals surface area contributed by atoms with Crippen molar-refractivity contribution >= 4 is 40.7 Å². The quantitative estimate of drug-likeness (QED) is 0.882. The van der Waals surface area contributed by atoms with Gasteiger partial charge < -0.3 is 10.6 Å². The fourth-order valence-electron chi connectivity index (χ4n) is 1.84. The zero-order valence-corrected chi connectivity index (χ0v) is 11.3. The van der Waals surface area contributed by atoms with Crippen LogP contribution in [0.15, 0.2) is 12.1 Å². The van der Waals surface area contributed by atoms with Crippen molar-refractivity contribution in [1.29, 1.82) is 0 Å². The zero-order chi connectivity index (χ0) is 14.0. The molecule has 2 rings (SSSR count). The second kappa shape index (κ2) is 5.75. The van der Waals surface area contributed by atoms with E-state index in [4.69, 9.17) is 23.2 Å². The highest BCUT2D eigenvalue weighted by Gasteiger charge is 2.25. The predicted molar refractivity (Wildman–Crippen MR) is 70.8 cm³/mol. The normalized spacial score (nSPS) is 18.9. The Kier molecular flexibility index (Phi) is 4.27. The van der Waals surface area contributed by atoms with Crippen LogP contribution in [0.3, 0.4) is 0 Å². The Bertz CT molecular complexity index is 503. The van der Waals surface area contributed by atoms with E-state index in [2.05, 4.69) is 10.6 Å². The van der Waals surface area contributed by atoms with Gasteiger partial charge in [-0.1, -0.05) is 23.2 Å². The molecular weight excluding hydrogens is 294 g/mol. The van der Waals surface area contributed by atoms with Gasteiger partial charge in [-0.15, -0.1) is 0 Å². The molecule has 0 saturated carbocycles. The van der Waals surface area contributed by atoms with Crippen LogP contribution in [0.2, 0.25) is 10.0 Å². The average molecular weight is 305 g/mol. The lowest BCUT2D eigenvalue weighted by atomic mass is 9.98. The minimum atomic E-state index is -0.571. The predicted octanol–water partition coefficient (Wildman–Crippen LogP) is 2.60. The maximum atomic E-state index is 13.0. The zero-order valence-electron chi connectivity index (χ0n) is 9.80. The number of rotatable bonds is 2. The van der Waals surface area contributed by atoms with Crippen LogP contribution >= 0.6 is 23.2 Å². The van der Waals surface area contributed by atoms with Gasteiger partial charge in [0.25, 0.3) is 0 Å². The summed E-state index contributed by atoms with van der Waals surface area (Å²) in [5, 5.41) is 5.26. The van der Waals surface area contributed by atoms with Gasteiger partial charge in [0, 0.05) is 13.0 Å². The van der Waals surface area contributed by atoms with Crippen LogP contribution < -0.4 is 10.6 Å². The van der Waals surface area contributed by atoms with Crippen molar-refractivity contribution in [1.82, 2.24) is 5.32 Å². The summed E-state index contributed by atoms with van der Waals surface area (Å²) in [6.45, 7) is 0.279. The molecule has 1 atom stereocenters. The van der Waals surface area contributed by atoms with Crippen molar-refractivity contribution in [2.24, 2.45) is 5.92 Å². The van der Waals surface area contributed by atoms with Crippen molar-refractivity contribution in [3.63, 3.8) is 0 Å². The first-order chi connectivity index (χ1) is 8.97. The van der Waals surface area contributed by atoms with E-state index in [9.17, 15) is 14.0 Å². The standard InChI is InChI=1S/C12H11Cl2FN2O2/c13-8-3-7(15)4-9(14)11(8)17-12(19)6-1-2-10(18)16-5-6/h3-4,6H,1-2,5H2,(H,16,18)(H,17,19). The number of hydrogen-bond acceptors (Lipinski definition) is 2. The molecule has 0 spiro atoms. The van der Waals surface area contributed by atoms with Crippen LogP contribution in [0.5, 0.6) is 0 Å². The van der Waals surface area contributed by atoms with E-state index in [0.29, 0.717) is 12.8 Å². The summed E-state index contributed by atoms with van der Waals surface area (Å²) in [6, 6.07) is 2.15. The van der Waals surface area contributed by atoms with Gasteiger partial charge in [-0.25, -0.2) is 4.39 Å². The monoisotopic (exact) mass is 304 g/mol. The van der Waals surface area contributed by atoms with Gasteiger partial charge in [-0.05, 0) is 18.6 Å². The lowest BCUT2D eigenvalue weighted by Crippen LogP contribution is -2.40. The molecule has 4 nitrogen and oxygen atoms in total. The molecule has 1 aromatic carbocycles. The Balaban J connectivity index is 2.09. The molecule has 0 aromatic heterocycles. The van der Waals surface area contributed by atoms with E-state index in [1.807, 2.05) is 0 Å². The molecule has 19 heavy (non-hydrogen) atoms. The topological polar surface area (TPSA) is 58.2 Å². The molecule has 2 N–H and O–H groups in total. The van der Waals surface area contributed by atoms with Gasteiger partial charge in [0.05, 0.1) is 21.7 Å². The first-order valence-corrected chi connectivity index (χ1v) is 6.45. The lowest BCUT2D eigenvalue weighted by Gasteiger charge is -2.22. The molecule has 1 saturated heterocycles. The van der Waals surface area contributed by atoms with Crippen molar-refractivity contribution in [2.45, 2.75) is 12.8 Å². The highest BCUT2D eigenvalue weighted by atomic mass is 35.5. The minimum absolute atomic E-state index is 0.0400. The SMILES string of the molecule is O=C1CCC(C(=O)Nc2c(Cl)cc(F)cc2Cl)CN1. The fourth-order valence-corrected chi connectivity index (χ4v) is 2.40.